The van der Waals surface area contributed by atoms with E-state index in [0.717, 1.165) is 28.7 Å². The molecule has 1 aliphatic rings. The molecule has 116 valence electrons. The molecule has 3 rings (SSSR count). The molecule has 0 aliphatic heterocycles. The molecule has 2 aromatic rings. The maximum absolute atomic E-state index is 5.31. The van der Waals surface area contributed by atoms with E-state index in [4.69, 9.17) is 21.7 Å². The van der Waals surface area contributed by atoms with Crippen molar-refractivity contribution >= 4 is 34.4 Å². The normalized spacial score (nSPS) is 14.5. The van der Waals surface area contributed by atoms with E-state index in [0.29, 0.717) is 22.2 Å². The second kappa shape index (κ2) is 6.21. The van der Waals surface area contributed by atoms with E-state index in [2.05, 4.69) is 31.2 Å². The van der Waals surface area contributed by atoms with Crippen molar-refractivity contribution in [2.45, 2.75) is 18.8 Å². The number of rotatable bonds is 5. The van der Waals surface area contributed by atoms with Crippen molar-refractivity contribution in [3.8, 4) is 11.5 Å². The summed E-state index contributed by atoms with van der Waals surface area (Å²) >= 11 is 8.74. The Morgan fingerprint density at radius 1 is 1.36 bits per heavy atom. The maximum Gasteiger partial charge on any atom is 0.216 e. The summed E-state index contributed by atoms with van der Waals surface area (Å²) in [7, 11) is 3.20. The molecule has 1 N–H and O–H groups in total. The number of aromatic nitrogens is 3. The van der Waals surface area contributed by atoms with Crippen LogP contribution < -0.4 is 9.47 Å². The van der Waals surface area contributed by atoms with E-state index in [1.54, 1.807) is 25.1 Å². The SMILES string of the molecule is COc1cc(Br)c(/C=N\n2c(C3CC3)n[nH]c2=S)cc1OC. The second-order valence-electron chi connectivity index (χ2n) is 4.95. The Morgan fingerprint density at radius 3 is 2.68 bits per heavy atom. The van der Waals surface area contributed by atoms with Crippen molar-refractivity contribution in [3.05, 3.63) is 32.8 Å². The largest absolute Gasteiger partial charge is 0.493 e. The highest BCUT2D eigenvalue weighted by molar-refractivity contribution is 9.10. The maximum atomic E-state index is 5.31. The third-order valence-electron chi connectivity index (χ3n) is 3.43. The van der Waals surface area contributed by atoms with Crippen molar-refractivity contribution in [2.75, 3.05) is 14.2 Å². The van der Waals surface area contributed by atoms with Crippen molar-refractivity contribution in [1.29, 1.82) is 0 Å². The van der Waals surface area contributed by atoms with Gasteiger partial charge in [0.05, 0.1) is 20.4 Å². The van der Waals surface area contributed by atoms with Gasteiger partial charge in [0.15, 0.2) is 17.3 Å². The molecule has 6 nitrogen and oxygen atoms in total. The predicted molar refractivity (Wildman–Crippen MR) is 89.6 cm³/mol. The van der Waals surface area contributed by atoms with Gasteiger partial charge in [0.25, 0.3) is 0 Å². The van der Waals surface area contributed by atoms with Crippen LogP contribution in [0.3, 0.4) is 0 Å². The number of hydrogen-bond acceptors (Lipinski definition) is 5. The molecule has 1 aromatic heterocycles. The van der Waals surface area contributed by atoms with Crippen LogP contribution in [0.5, 0.6) is 11.5 Å². The lowest BCUT2D eigenvalue weighted by atomic mass is 10.2. The van der Waals surface area contributed by atoms with Crippen molar-refractivity contribution in [3.63, 3.8) is 0 Å². The minimum atomic E-state index is 0.457. The Bertz CT molecular complexity index is 780. The van der Waals surface area contributed by atoms with E-state index >= 15 is 0 Å². The van der Waals surface area contributed by atoms with Gasteiger partial charge in [-0.25, -0.2) is 0 Å². The number of H-pyrrole nitrogens is 1. The highest BCUT2D eigenvalue weighted by Gasteiger charge is 2.29. The van der Waals surface area contributed by atoms with E-state index in [1.165, 1.54) is 0 Å². The van der Waals surface area contributed by atoms with Crippen LogP contribution in [-0.2, 0) is 0 Å². The summed E-state index contributed by atoms with van der Waals surface area (Å²) < 4.78 is 13.6. The minimum absolute atomic E-state index is 0.457. The summed E-state index contributed by atoms with van der Waals surface area (Å²) in [5.74, 6) is 2.65. The Balaban J connectivity index is 1.96. The zero-order chi connectivity index (χ0) is 15.7. The van der Waals surface area contributed by atoms with Gasteiger partial charge in [-0.15, -0.1) is 0 Å². The lowest BCUT2D eigenvalue weighted by Crippen LogP contribution is -1.98. The van der Waals surface area contributed by atoms with Crippen LogP contribution in [-0.4, -0.2) is 35.3 Å². The summed E-state index contributed by atoms with van der Waals surface area (Å²) in [5, 5.41) is 11.5. The second-order valence-corrected chi connectivity index (χ2v) is 6.19. The first kappa shape index (κ1) is 15.2. The highest BCUT2D eigenvalue weighted by Crippen LogP contribution is 2.39. The molecular formula is C14H15BrN4O2S. The summed E-state index contributed by atoms with van der Waals surface area (Å²) in [6, 6.07) is 3.70. The molecule has 1 saturated carbocycles. The number of benzene rings is 1. The minimum Gasteiger partial charge on any atom is -0.493 e. The molecule has 0 unspecified atom stereocenters. The number of aromatic amines is 1. The van der Waals surface area contributed by atoms with Crippen LogP contribution in [0.4, 0.5) is 0 Å². The van der Waals surface area contributed by atoms with Gasteiger partial charge in [-0.05, 0) is 53.1 Å². The quantitative estimate of drug-likeness (QED) is 0.634. The number of hydrogen-bond donors (Lipinski definition) is 1. The third-order valence-corrected chi connectivity index (χ3v) is 4.38. The van der Waals surface area contributed by atoms with Crippen LogP contribution in [0.15, 0.2) is 21.7 Å². The van der Waals surface area contributed by atoms with Gasteiger partial charge in [0, 0.05) is 16.0 Å². The molecule has 1 fully saturated rings. The molecule has 1 heterocycles. The smallest absolute Gasteiger partial charge is 0.216 e. The Hall–Kier alpha value is -1.67. The highest BCUT2D eigenvalue weighted by atomic mass is 79.9. The molecule has 0 amide bonds. The lowest BCUT2D eigenvalue weighted by Gasteiger charge is -2.09. The monoisotopic (exact) mass is 382 g/mol. The molecule has 0 saturated heterocycles. The number of ether oxygens (including phenoxy) is 2. The zero-order valence-corrected chi connectivity index (χ0v) is 14.6. The van der Waals surface area contributed by atoms with Gasteiger partial charge >= 0.3 is 0 Å². The van der Waals surface area contributed by atoms with Crippen LogP contribution in [0.2, 0.25) is 0 Å². The van der Waals surface area contributed by atoms with Crippen LogP contribution in [0.25, 0.3) is 0 Å². The summed E-state index contributed by atoms with van der Waals surface area (Å²) in [6.45, 7) is 0. The molecular weight excluding hydrogens is 368 g/mol. The van der Waals surface area contributed by atoms with E-state index in [-0.39, 0.29) is 0 Å². The number of nitrogens with one attached hydrogen (secondary N) is 1. The first-order valence-corrected chi connectivity index (χ1v) is 7.97. The summed E-state index contributed by atoms with van der Waals surface area (Å²) in [6.07, 6.45) is 3.99. The van der Waals surface area contributed by atoms with Gasteiger partial charge in [-0.2, -0.15) is 14.9 Å². The molecule has 0 bridgehead atoms. The Kier molecular flexibility index (Phi) is 4.30. The fourth-order valence-electron chi connectivity index (χ4n) is 2.11. The topological polar surface area (TPSA) is 64.4 Å². The first-order valence-electron chi connectivity index (χ1n) is 6.77. The summed E-state index contributed by atoms with van der Waals surface area (Å²) in [5.41, 5.74) is 0.863. The van der Waals surface area contributed by atoms with Gasteiger partial charge in [-0.3, -0.25) is 5.10 Å². The molecule has 0 atom stereocenters. The molecule has 0 spiro atoms. The molecule has 8 heteroatoms. The number of halogens is 1. The zero-order valence-electron chi connectivity index (χ0n) is 12.2. The van der Waals surface area contributed by atoms with E-state index in [9.17, 15) is 0 Å². The van der Waals surface area contributed by atoms with Crippen molar-refractivity contribution < 1.29 is 9.47 Å². The van der Waals surface area contributed by atoms with Crippen LogP contribution in [0, 0.1) is 4.77 Å². The van der Waals surface area contributed by atoms with Crippen LogP contribution >= 0.6 is 28.1 Å². The van der Waals surface area contributed by atoms with Crippen molar-refractivity contribution in [2.24, 2.45) is 5.10 Å². The molecule has 0 radical (unpaired) electrons. The third kappa shape index (κ3) is 2.93. The summed E-state index contributed by atoms with van der Waals surface area (Å²) in [4.78, 5) is 0. The van der Waals surface area contributed by atoms with Gasteiger partial charge < -0.3 is 9.47 Å². The van der Waals surface area contributed by atoms with Gasteiger partial charge in [0.1, 0.15) is 0 Å². The van der Waals surface area contributed by atoms with Crippen molar-refractivity contribution in [1.82, 2.24) is 14.9 Å². The van der Waals surface area contributed by atoms with E-state index < -0.39 is 0 Å². The number of nitrogens with zero attached hydrogens (tertiary/aromatic N) is 3. The molecule has 1 aliphatic carbocycles. The van der Waals surface area contributed by atoms with Gasteiger partial charge in [-0.1, -0.05) is 0 Å². The average Bonchev–Trinajstić information content (AvgIpc) is 3.30. The fraction of sp³-hybridized carbons (Fsp3) is 0.357. The Labute approximate surface area is 141 Å². The molecule has 1 aromatic carbocycles. The molecule has 22 heavy (non-hydrogen) atoms. The standard InChI is InChI=1S/C14H15BrN4O2S/c1-20-11-5-9(10(15)6-12(11)21-2)7-16-19-13(8-3-4-8)17-18-14(19)22/h5-8H,3-4H2,1-2H3,(H,18,22)/b16-7-. The predicted octanol–water partition coefficient (Wildman–Crippen LogP) is 3.48. The van der Waals surface area contributed by atoms with Gasteiger partial charge in [0.2, 0.25) is 4.77 Å². The number of methoxy groups -OCH3 is 2. The van der Waals surface area contributed by atoms with Crippen LogP contribution in [0.1, 0.15) is 30.1 Å². The first-order chi connectivity index (χ1) is 10.6. The Morgan fingerprint density at radius 2 is 2.05 bits per heavy atom. The fourth-order valence-corrected chi connectivity index (χ4v) is 2.72. The lowest BCUT2D eigenvalue weighted by molar-refractivity contribution is 0.354. The van der Waals surface area contributed by atoms with E-state index in [1.807, 2.05) is 12.1 Å². The average molecular weight is 383 g/mol.